The van der Waals surface area contributed by atoms with Crippen molar-refractivity contribution < 1.29 is 4.79 Å². The molecule has 0 aromatic heterocycles. The molecule has 0 saturated carbocycles. The third-order valence-corrected chi connectivity index (χ3v) is 4.50. The van der Waals surface area contributed by atoms with E-state index in [-0.39, 0.29) is 6.03 Å². The molecule has 1 aliphatic rings. The summed E-state index contributed by atoms with van der Waals surface area (Å²) in [5.41, 5.74) is 4.63. The molecule has 2 amide bonds. The fraction of sp³-hybridized carbons (Fsp3) is 0.316. The fourth-order valence-corrected chi connectivity index (χ4v) is 2.96. The lowest BCUT2D eigenvalue weighted by atomic mass is 9.99. The molecule has 1 N–H and O–H groups in total. The minimum absolute atomic E-state index is 0.00156. The molecule has 114 valence electrons. The molecule has 3 nitrogen and oxygen atoms in total. The average Bonchev–Trinajstić information content (AvgIpc) is 3.02. The van der Waals surface area contributed by atoms with Crippen LogP contribution in [0.15, 0.2) is 48.5 Å². The molecule has 2 aromatic rings. The van der Waals surface area contributed by atoms with E-state index < -0.39 is 0 Å². The van der Waals surface area contributed by atoms with Crippen molar-refractivity contribution in [2.75, 3.05) is 18.4 Å². The molecule has 1 atom stereocenters. The van der Waals surface area contributed by atoms with Gasteiger partial charge in [0.05, 0.1) is 0 Å². The Balaban J connectivity index is 1.63. The van der Waals surface area contributed by atoms with E-state index in [1.54, 1.807) is 0 Å². The predicted molar refractivity (Wildman–Crippen MR) is 90.3 cm³/mol. The van der Waals surface area contributed by atoms with Crippen LogP contribution in [-0.4, -0.2) is 24.0 Å². The van der Waals surface area contributed by atoms with Gasteiger partial charge in [0.2, 0.25) is 0 Å². The van der Waals surface area contributed by atoms with Gasteiger partial charge in [0.15, 0.2) is 0 Å². The van der Waals surface area contributed by atoms with Crippen LogP contribution < -0.4 is 5.32 Å². The SMILES string of the molecule is Cc1ccc(NC(=O)N2CC[C@H](c3ccccc3)C2)cc1C. The number of nitrogens with zero attached hydrogens (tertiary/aromatic N) is 1. The van der Waals surface area contributed by atoms with Crippen LogP contribution in [0, 0.1) is 13.8 Å². The van der Waals surface area contributed by atoms with Gasteiger partial charge in [-0.2, -0.15) is 0 Å². The quantitative estimate of drug-likeness (QED) is 0.878. The molecule has 3 rings (SSSR count). The van der Waals surface area contributed by atoms with E-state index in [1.807, 2.05) is 29.2 Å². The zero-order valence-electron chi connectivity index (χ0n) is 13.2. The largest absolute Gasteiger partial charge is 0.324 e. The molecule has 0 radical (unpaired) electrons. The van der Waals surface area contributed by atoms with Crippen molar-refractivity contribution in [2.24, 2.45) is 0 Å². The van der Waals surface area contributed by atoms with Crippen molar-refractivity contribution in [3.8, 4) is 0 Å². The number of anilines is 1. The molecule has 1 fully saturated rings. The van der Waals surface area contributed by atoms with Gasteiger partial charge in [-0.3, -0.25) is 0 Å². The van der Waals surface area contributed by atoms with Crippen LogP contribution in [0.25, 0.3) is 0 Å². The number of carbonyl (C=O) groups excluding carboxylic acids is 1. The van der Waals surface area contributed by atoms with E-state index in [0.717, 1.165) is 25.2 Å². The maximum absolute atomic E-state index is 12.4. The number of hydrogen-bond donors (Lipinski definition) is 1. The second-order valence-electron chi connectivity index (χ2n) is 6.07. The summed E-state index contributed by atoms with van der Waals surface area (Å²) < 4.78 is 0. The Morgan fingerprint density at radius 2 is 1.86 bits per heavy atom. The standard InChI is InChI=1S/C19H22N2O/c1-14-8-9-18(12-15(14)2)20-19(22)21-11-10-17(13-21)16-6-4-3-5-7-16/h3-9,12,17H,10-11,13H2,1-2H3,(H,20,22)/t17-/m0/s1. The third-order valence-electron chi connectivity index (χ3n) is 4.50. The number of nitrogens with one attached hydrogen (secondary N) is 1. The molecule has 0 bridgehead atoms. The highest BCUT2D eigenvalue weighted by atomic mass is 16.2. The molecular weight excluding hydrogens is 272 g/mol. The van der Waals surface area contributed by atoms with Gasteiger partial charge in [-0.1, -0.05) is 36.4 Å². The van der Waals surface area contributed by atoms with E-state index in [9.17, 15) is 4.79 Å². The zero-order chi connectivity index (χ0) is 15.5. The predicted octanol–water partition coefficient (Wildman–Crippen LogP) is 4.32. The average molecular weight is 294 g/mol. The lowest BCUT2D eigenvalue weighted by molar-refractivity contribution is 0.222. The fourth-order valence-electron chi connectivity index (χ4n) is 2.96. The lowest BCUT2D eigenvalue weighted by Gasteiger charge is -2.18. The number of benzene rings is 2. The first kappa shape index (κ1) is 14.6. The number of amides is 2. The van der Waals surface area contributed by atoms with E-state index in [0.29, 0.717) is 5.92 Å². The summed E-state index contributed by atoms with van der Waals surface area (Å²) in [6.45, 7) is 5.75. The number of hydrogen-bond acceptors (Lipinski definition) is 1. The van der Waals surface area contributed by atoms with Gasteiger partial charge in [-0.05, 0) is 49.1 Å². The van der Waals surface area contributed by atoms with Gasteiger partial charge in [-0.15, -0.1) is 0 Å². The third kappa shape index (κ3) is 3.14. The second-order valence-corrected chi connectivity index (χ2v) is 6.07. The maximum Gasteiger partial charge on any atom is 0.321 e. The van der Waals surface area contributed by atoms with Crippen LogP contribution in [0.3, 0.4) is 0 Å². The van der Waals surface area contributed by atoms with E-state index in [2.05, 4.69) is 43.4 Å². The van der Waals surface area contributed by atoms with Gasteiger partial charge < -0.3 is 10.2 Å². The number of carbonyl (C=O) groups is 1. The number of rotatable bonds is 2. The summed E-state index contributed by atoms with van der Waals surface area (Å²) in [5, 5.41) is 3.01. The molecule has 2 aromatic carbocycles. The Bertz CT molecular complexity index is 666. The Labute approximate surface area is 132 Å². The number of urea groups is 1. The van der Waals surface area contributed by atoms with Crippen LogP contribution >= 0.6 is 0 Å². The molecule has 3 heteroatoms. The Morgan fingerprint density at radius 3 is 2.59 bits per heavy atom. The Hall–Kier alpha value is -2.29. The topological polar surface area (TPSA) is 32.3 Å². The van der Waals surface area contributed by atoms with E-state index in [1.165, 1.54) is 16.7 Å². The van der Waals surface area contributed by atoms with Gasteiger partial charge in [0, 0.05) is 24.7 Å². The zero-order valence-corrected chi connectivity index (χ0v) is 13.2. The lowest BCUT2D eigenvalue weighted by Crippen LogP contribution is -2.32. The normalized spacial score (nSPS) is 17.5. The first-order valence-electron chi connectivity index (χ1n) is 7.81. The van der Waals surface area contributed by atoms with Crippen LogP contribution in [0.4, 0.5) is 10.5 Å². The monoisotopic (exact) mass is 294 g/mol. The molecular formula is C19H22N2O. The second kappa shape index (κ2) is 6.22. The summed E-state index contributed by atoms with van der Waals surface area (Å²) >= 11 is 0. The minimum atomic E-state index is 0.00156. The van der Waals surface area contributed by atoms with Gasteiger partial charge in [0.25, 0.3) is 0 Å². The summed E-state index contributed by atoms with van der Waals surface area (Å²) in [6.07, 6.45) is 1.03. The van der Waals surface area contributed by atoms with Crippen molar-refractivity contribution in [3.63, 3.8) is 0 Å². The van der Waals surface area contributed by atoms with Crippen LogP contribution in [0.2, 0.25) is 0 Å². The molecule has 1 heterocycles. The number of likely N-dealkylation sites (tertiary alicyclic amines) is 1. The minimum Gasteiger partial charge on any atom is -0.324 e. The Morgan fingerprint density at radius 1 is 1.09 bits per heavy atom. The van der Waals surface area contributed by atoms with Crippen molar-refractivity contribution in [3.05, 3.63) is 65.2 Å². The van der Waals surface area contributed by atoms with Crippen molar-refractivity contribution in [1.82, 2.24) is 4.90 Å². The summed E-state index contributed by atoms with van der Waals surface area (Å²) in [6, 6.07) is 16.5. The molecule has 22 heavy (non-hydrogen) atoms. The maximum atomic E-state index is 12.4. The van der Waals surface area contributed by atoms with Crippen LogP contribution in [-0.2, 0) is 0 Å². The van der Waals surface area contributed by atoms with Crippen molar-refractivity contribution >= 4 is 11.7 Å². The van der Waals surface area contributed by atoms with Gasteiger partial charge in [0.1, 0.15) is 0 Å². The molecule has 0 unspecified atom stereocenters. The Kier molecular flexibility index (Phi) is 4.14. The van der Waals surface area contributed by atoms with Crippen molar-refractivity contribution in [1.29, 1.82) is 0 Å². The summed E-state index contributed by atoms with van der Waals surface area (Å²) in [5.74, 6) is 0.451. The van der Waals surface area contributed by atoms with Crippen molar-refractivity contribution in [2.45, 2.75) is 26.2 Å². The smallest absolute Gasteiger partial charge is 0.321 e. The first-order chi connectivity index (χ1) is 10.6. The molecule has 0 aliphatic carbocycles. The van der Waals surface area contributed by atoms with Crippen LogP contribution in [0.5, 0.6) is 0 Å². The molecule has 0 spiro atoms. The molecule has 1 aliphatic heterocycles. The van der Waals surface area contributed by atoms with Gasteiger partial charge in [-0.25, -0.2) is 4.79 Å². The molecule has 1 saturated heterocycles. The highest BCUT2D eigenvalue weighted by molar-refractivity contribution is 5.89. The van der Waals surface area contributed by atoms with E-state index >= 15 is 0 Å². The van der Waals surface area contributed by atoms with Crippen LogP contribution in [0.1, 0.15) is 29.0 Å². The number of aryl methyl sites for hydroxylation is 2. The summed E-state index contributed by atoms with van der Waals surface area (Å²) in [4.78, 5) is 14.3. The van der Waals surface area contributed by atoms with E-state index in [4.69, 9.17) is 0 Å². The first-order valence-corrected chi connectivity index (χ1v) is 7.81. The van der Waals surface area contributed by atoms with Gasteiger partial charge >= 0.3 is 6.03 Å². The summed E-state index contributed by atoms with van der Waals surface area (Å²) in [7, 11) is 0. The highest BCUT2D eigenvalue weighted by Crippen LogP contribution is 2.27. The highest BCUT2D eigenvalue weighted by Gasteiger charge is 2.27.